The lowest BCUT2D eigenvalue weighted by atomic mass is 9.96. The second-order valence-corrected chi connectivity index (χ2v) is 7.88. The van der Waals surface area contributed by atoms with Crippen LogP contribution in [0.5, 0.6) is 0 Å². The molecule has 1 aromatic heterocycles. The Labute approximate surface area is 149 Å². The molecule has 0 aliphatic rings. The molecule has 0 saturated heterocycles. The summed E-state index contributed by atoms with van der Waals surface area (Å²) >= 11 is 0. The van der Waals surface area contributed by atoms with Crippen LogP contribution in [0.3, 0.4) is 0 Å². The van der Waals surface area contributed by atoms with E-state index in [9.17, 15) is 8.42 Å². The average Bonchev–Trinajstić information content (AvgIpc) is 2.57. The van der Waals surface area contributed by atoms with Crippen LogP contribution >= 0.6 is 0 Å². The summed E-state index contributed by atoms with van der Waals surface area (Å²) in [5.74, 6) is 1.14. The Morgan fingerprint density at radius 2 is 1.92 bits per heavy atom. The Morgan fingerprint density at radius 1 is 1.24 bits per heavy atom. The van der Waals surface area contributed by atoms with Gasteiger partial charge in [-0.1, -0.05) is 19.9 Å². The molecular formula is C17H25N5O2S. The Bertz CT molecular complexity index is 848. The van der Waals surface area contributed by atoms with Gasteiger partial charge in [0.1, 0.15) is 5.82 Å². The highest BCUT2D eigenvalue weighted by atomic mass is 32.2. The number of sulfonamides is 1. The molecule has 4 N–H and O–H groups in total. The number of aromatic nitrogens is 2. The maximum atomic E-state index is 11.5. The van der Waals surface area contributed by atoms with E-state index in [1.165, 1.54) is 12.1 Å². The zero-order valence-electron chi connectivity index (χ0n) is 15.0. The molecule has 25 heavy (non-hydrogen) atoms. The molecule has 7 nitrogen and oxygen atoms in total. The highest BCUT2D eigenvalue weighted by Gasteiger charge is 2.20. The second kappa shape index (κ2) is 7.37. The van der Waals surface area contributed by atoms with Gasteiger partial charge in [-0.15, -0.1) is 0 Å². The molecule has 8 heteroatoms. The molecule has 0 aliphatic carbocycles. The van der Waals surface area contributed by atoms with Crippen molar-refractivity contribution in [3.63, 3.8) is 0 Å². The standard InChI is InChI=1S/C17H25N5O2S/c1-5-17(4,6-2)22-16-19-11-12(3)15(21-16)20-13-8-7-9-14(10-13)25(18,23)24/h7-11H,5-6H2,1-4H3,(H2,18,23,24)(H2,19,20,21,22). The van der Waals surface area contributed by atoms with Crippen LogP contribution in [-0.2, 0) is 10.0 Å². The van der Waals surface area contributed by atoms with Gasteiger partial charge in [-0.25, -0.2) is 18.5 Å². The molecule has 0 radical (unpaired) electrons. The van der Waals surface area contributed by atoms with Gasteiger partial charge in [-0.3, -0.25) is 0 Å². The fourth-order valence-corrected chi connectivity index (χ4v) is 2.77. The van der Waals surface area contributed by atoms with Gasteiger partial charge in [0.15, 0.2) is 0 Å². The molecule has 2 rings (SSSR count). The molecule has 2 aromatic rings. The maximum Gasteiger partial charge on any atom is 0.238 e. The summed E-state index contributed by atoms with van der Waals surface area (Å²) in [6, 6.07) is 6.31. The summed E-state index contributed by atoms with van der Waals surface area (Å²) in [4.78, 5) is 8.91. The molecule has 0 fully saturated rings. The number of anilines is 3. The van der Waals surface area contributed by atoms with Crippen molar-refractivity contribution in [2.75, 3.05) is 10.6 Å². The number of nitrogens with one attached hydrogen (secondary N) is 2. The van der Waals surface area contributed by atoms with E-state index in [1.54, 1.807) is 18.3 Å². The van der Waals surface area contributed by atoms with E-state index < -0.39 is 10.0 Å². The van der Waals surface area contributed by atoms with Crippen molar-refractivity contribution in [2.24, 2.45) is 5.14 Å². The number of primary sulfonamides is 1. The minimum atomic E-state index is -3.75. The van der Waals surface area contributed by atoms with Gasteiger partial charge >= 0.3 is 0 Å². The first kappa shape index (κ1) is 19.1. The molecule has 1 aromatic carbocycles. The van der Waals surface area contributed by atoms with Crippen molar-refractivity contribution >= 4 is 27.5 Å². The van der Waals surface area contributed by atoms with Crippen LogP contribution in [0.2, 0.25) is 0 Å². The van der Waals surface area contributed by atoms with E-state index in [0.717, 1.165) is 18.4 Å². The van der Waals surface area contributed by atoms with Crippen molar-refractivity contribution in [1.29, 1.82) is 0 Å². The van der Waals surface area contributed by atoms with Crippen molar-refractivity contribution in [3.8, 4) is 0 Å². The SMILES string of the molecule is CCC(C)(CC)Nc1ncc(C)c(Nc2cccc(S(N)(=O)=O)c2)n1. The van der Waals surface area contributed by atoms with Crippen LogP contribution in [-0.4, -0.2) is 23.9 Å². The smallest absolute Gasteiger partial charge is 0.238 e. The normalized spacial score (nSPS) is 12.0. The highest BCUT2D eigenvalue weighted by Crippen LogP contribution is 2.24. The molecule has 1 heterocycles. The molecule has 0 atom stereocenters. The predicted molar refractivity (Wildman–Crippen MR) is 100 cm³/mol. The van der Waals surface area contributed by atoms with Gasteiger partial charge in [-0.2, -0.15) is 4.98 Å². The third-order valence-electron chi connectivity index (χ3n) is 4.37. The molecule has 0 unspecified atom stereocenters. The number of nitrogens with two attached hydrogens (primary N) is 1. The number of aryl methyl sites for hydroxylation is 1. The van der Waals surface area contributed by atoms with E-state index in [1.807, 2.05) is 6.92 Å². The van der Waals surface area contributed by atoms with E-state index >= 15 is 0 Å². The Kier molecular flexibility index (Phi) is 5.64. The van der Waals surface area contributed by atoms with Gasteiger partial charge in [0.25, 0.3) is 0 Å². The van der Waals surface area contributed by atoms with Crippen LogP contribution in [0, 0.1) is 6.92 Å². The zero-order valence-corrected chi connectivity index (χ0v) is 15.8. The van der Waals surface area contributed by atoms with Crippen molar-refractivity contribution < 1.29 is 8.42 Å². The van der Waals surface area contributed by atoms with Crippen molar-refractivity contribution in [2.45, 2.75) is 51.0 Å². The van der Waals surface area contributed by atoms with E-state index in [4.69, 9.17) is 5.14 Å². The molecule has 0 spiro atoms. The van der Waals surface area contributed by atoms with E-state index in [0.29, 0.717) is 17.5 Å². The Morgan fingerprint density at radius 3 is 2.52 bits per heavy atom. The fraction of sp³-hybridized carbons (Fsp3) is 0.412. The van der Waals surface area contributed by atoms with Crippen LogP contribution in [0.15, 0.2) is 35.4 Å². The molecular weight excluding hydrogens is 338 g/mol. The van der Waals surface area contributed by atoms with Crippen LogP contribution < -0.4 is 15.8 Å². The van der Waals surface area contributed by atoms with Gasteiger partial charge < -0.3 is 10.6 Å². The summed E-state index contributed by atoms with van der Waals surface area (Å²) < 4.78 is 23.0. The van der Waals surface area contributed by atoms with Crippen molar-refractivity contribution in [1.82, 2.24) is 9.97 Å². The summed E-state index contributed by atoms with van der Waals surface area (Å²) in [5, 5.41) is 11.7. The second-order valence-electron chi connectivity index (χ2n) is 6.32. The first-order valence-electron chi connectivity index (χ1n) is 8.18. The number of rotatable bonds is 7. The first-order chi connectivity index (χ1) is 11.7. The summed E-state index contributed by atoms with van der Waals surface area (Å²) in [7, 11) is -3.75. The van der Waals surface area contributed by atoms with Crippen LogP contribution in [0.25, 0.3) is 0 Å². The van der Waals surface area contributed by atoms with Gasteiger partial charge in [0, 0.05) is 23.0 Å². The number of hydrogen-bond donors (Lipinski definition) is 3. The quantitative estimate of drug-likeness (QED) is 0.697. The Balaban J connectivity index is 2.30. The lowest BCUT2D eigenvalue weighted by Crippen LogP contribution is -2.33. The molecule has 136 valence electrons. The Hall–Kier alpha value is -2.19. The third-order valence-corrected chi connectivity index (χ3v) is 5.28. The van der Waals surface area contributed by atoms with Crippen LogP contribution in [0.1, 0.15) is 39.2 Å². The van der Waals surface area contributed by atoms with Crippen molar-refractivity contribution in [3.05, 3.63) is 36.0 Å². The summed E-state index contributed by atoms with van der Waals surface area (Å²) in [6.07, 6.45) is 3.62. The first-order valence-corrected chi connectivity index (χ1v) is 9.73. The molecule has 0 bridgehead atoms. The van der Waals surface area contributed by atoms with Gasteiger partial charge in [-0.05, 0) is 44.9 Å². The predicted octanol–water partition coefficient (Wildman–Crippen LogP) is 3.17. The molecule has 0 saturated carbocycles. The maximum absolute atomic E-state index is 11.5. The lowest BCUT2D eigenvalue weighted by molar-refractivity contribution is 0.474. The number of benzene rings is 1. The fourth-order valence-electron chi connectivity index (χ4n) is 2.21. The van der Waals surface area contributed by atoms with Gasteiger partial charge in [0.2, 0.25) is 16.0 Å². The molecule has 0 aliphatic heterocycles. The lowest BCUT2D eigenvalue weighted by Gasteiger charge is -2.28. The number of nitrogens with zero attached hydrogens (tertiary/aromatic N) is 2. The zero-order chi connectivity index (χ0) is 18.7. The highest BCUT2D eigenvalue weighted by molar-refractivity contribution is 7.89. The van der Waals surface area contributed by atoms with E-state index in [2.05, 4.69) is 41.4 Å². The van der Waals surface area contributed by atoms with Crippen LogP contribution in [0.4, 0.5) is 17.5 Å². The monoisotopic (exact) mass is 363 g/mol. The minimum Gasteiger partial charge on any atom is -0.349 e. The largest absolute Gasteiger partial charge is 0.349 e. The summed E-state index contributed by atoms with van der Waals surface area (Å²) in [5.41, 5.74) is 1.36. The summed E-state index contributed by atoms with van der Waals surface area (Å²) in [6.45, 7) is 8.23. The number of hydrogen-bond acceptors (Lipinski definition) is 6. The van der Waals surface area contributed by atoms with Gasteiger partial charge in [0.05, 0.1) is 4.90 Å². The molecule has 0 amide bonds. The van der Waals surface area contributed by atoms with E-state index in [-0.39, 0.29) is 10.4 Å². The topological polar surface area (TPSA) is 110 Å². The third kappa shape index (κ3) is 4.90. The minimum absolute atomic E-state index is 0.0482. The average molecular weight is 363 g/mol.